The minimum absolute atomic E-state index is 0.271. The Morgan fingerprint density at radius 2 is 2.00 bits per heavy atom. The normalized spacial score (nSPS) is 26.6. The second-order valence-corrected chi connectivity index (χ2v) is 5.94. The standard InChI is InChI=1S/C16H31N3O/c1-7-18(6)10-13(2)8-9-16(17-5)19-11-14(3)20-15(4)12-19/h8-9,13-15H,7,10-12H2,1-6H3. The van der Waals surface area contributed by atoms with Gasteiger partial charge >= 0.3 is 0 Å². The molecule has 0 aromatic rings. The van der Waals surface area contributed by atoms with E-state index >= 15 is 0 Å². The van der Waals surface area contributed by atoms with Crippen LogP contribution in [0.5, 0.6) is 0 Å². The van der Waals surface area contributed by atoms with Crippen molar-refractivity contribution < 1.29 is 4.74 Å². The number of hydrogen-bond donors (Lipinski definition) is 0. The van der Waals surface area contributed by atoms with Crippen LogP contribution in [0.25, 0.3) is 0 Å². The average Bonchev–Trinajstić information content (AvgIpc) is 2.38. The molecule has 3 atom stereocenters. The molecule has 0 aliphatic carbocycles. The van der Waals surface area contributed by atoms with Crippen molar-refractivity contribution in [1.29, 1.82) is 0 Å². The van der Waals surface area contributed by atoms with Crippen LogP contribution in [0, 0.1) is 5.92 Å². The second-order valence-electron chi connectivity index (χ2n) is 5.94. The maximum atomic E-state index is 5.78. The van der Waals surface area contributed by atoms with E-state index < -0.39 is 0 Å². The molecule has 1 saturated heterocycles. The maximum Gasteiger partial charge on any atom is 0.123 e. The van der Waals surface area contributed by atoms with Gasteiger partial charge in [-0.2, -0.15) is 0 Å². The molecule has 0 N–H and O–H groups in total. The molecular formula is C16H31N3O. The minimum Gasteiger partial charge on any atom is -0.372 e. The summed E-state index contributed by atoms with van der Waals surface area (Å²) in [5, 5.41) is 0. The molecule has 1 rings (SSSR count). The summed E-state index contributed by atoms with van der Waals surface area (Å²) < 4.78 is 5.78. The van der Waals surface area contributed by atoms with Crippen LogP contribution in [-0.2, 0) is 4.74 Å². The van der Waals surface area contributed by atoms with Crippen LogP contribution in [-0.4, -0.2) is 68.1 Å². The molecule has 0 radical (unpaired) electrons. The Hall–Kier alpha value is -0.870. The predicted molar refractivity (Wildman–Crippen MR) is 86.4 cm³/mol. The summed E-state index contributed by atoms with van der Waals surface area (Å²) in [6.07, 6.45) is 4.97. The van der Waals surface area contributed by atoms with Gasteiger partial charge in [0.15, 0.2) is 0 Å². The zero-order chi connectivity index (χ0) is 15.1. The van der Waals surface area contributed by atoms with Gasteiger partial charge in [-0.05, 0) is 39.4 Å². The fourth-order valence-corrected chi connectivity index (χ4v) is 2.62. The molecule has 0 spiro atoms. The van der Waals surface area contributed by atoms with E-state index in [4.69, 9.17) is 4.74 Å². The Labute approximate surface area is 124 Å². The maximum absolute atomic E-state index is 5.78. The van der Waals surface area contributed by atoms with Crippen LogP contribution in [0.2, 0.25) is 0 Å². The fraction of sp³-hybridized carbons (Fsp3) is 0.812. The highest BCUT2D eigenvalue weighted by molar-refractivity contribution is 5.93. The molecule has 1 fully saturated rings. The summed E-state index contributed by atoms with van der Waals surface area (Å²) >= 11 is 0. The van der Waals surface area contributed by atoms with Crippen molar-refractivity contribution in [3.8, 4) is 0 Å². The van der Waals surface area contributed by atoms with Crippen molar-refractivity contribution in [2.24, 2.45) is 10.9 Å². The highest BCUT2D eigenvalue weighted by Crippen LogP contribution is 2.12. The predicted octanol–water partition coefficient (Wildman–Crippen LogP) is 2.27. The third kappa shape index (κ3) is 5.63. The summed E-state index contributed by atoms with van der Waals surface area (Å²) in [7, 11) is 4.03. The average molecular weight is 281 g/mol. The van der Waals surface area contributed by atoms with Gasteiger partial charge in [-0.25, -0.2) is 0 Å². The summed E-state index contributed by atoms with van der Waals surface area (Å²) in [5.41, 5.74) is 0. The molecule has 1 heterocycles. The molecule has 4 heteroatoms. The Kier molecular flexibility index (Phi) is 7.24. The number of morpholine rings is 1. The highest BCUT2D eigenvalue weighted by Gasteiger charge is 2.23. The molecule has 0 aromatic carbocycles. The van der Waals surface area contributed by atoms with Crippen molar-refractivity contribution >= 4 is 5.84 Å². The summed E-state index contributed by atoms with van der Waals surface area (Å²) in [6, 6.07) is 0. The molecule has 0 aromatic heterocycles. The summed E-state index contributed by atoms with van der Waals surface area (Å²) in [6.45, 7) is 12.7. The molecular weight excluding hydrogens is 250 g/mol. The van der Waals surface area contributed by atoms with Crippen LogP contribution >= 0.6 is 0 Å². The van der Waals surface area contributed by atoms with E-state index in [9.17, 15) is 0 Å². The third-order valence-corrected chi connectivity index (χ3v) is 3.69. The van der Waals surface area contributed by atoms with Gasteiger partial charge in [0.2, 0.25) is 0 Å². The monoisotopic (exact) mass is 281 g/mol. The smallest absolute Gasteiger partial charge is 0.123 e. The van der Waals surface area contributed by atoms with Crippen molar-refractivity contribution in [3.63, 3.8) is 0 Å². The molecule has 0 saturated carbocycles. The number of ether oxygens (including phenoxy) is 1. The number of rotatable bonds is 5. The molecule has 1 aliphatic rings. The molecule has 3 unspecified atom stereocenters. The van der Waals surface area contributed by atoms with Crippen LogP contribution in [0.15, 0.2) is 17.1 Å². The number of hydrogen-bond acceptors (Lipinski definition) is 3. The molecule has 116 valence electrons. The van der Waals surface area contributed by atoms with Crippen LogP contribution < -0.4 is 0 Å². The lowest BCUT2D eigenvalue weighted by Crippen LogP contribution is -2.47. The van der Waals surface area contributed by atoms with E-state index in [2.05, 4.69) is 61.7 Å². The first-order valence-electron chi connectivity index (χ1n) is 7.70. The molecule has 1 aliphatic heterocycles. The number of nitrogens with zero attached hydrogens (tertiary/aromatic N) is 3. The molecule has 20 heavy (non-hydrogen) atoms. The van der Waals surface area contributed by atoms with Gasteiger partial charge in [-0.1, -0.05) is 19.9 Å². The van der Waals surface area contributed by atoms with Gasteiger partial charge in [0.1, 0.15) is 5.84 Å². The van der Waals surface area contributed by atoms with Crippen molar-refractivity contribution in [2.45, 2.75) is 39.9 Å². The quantitative estimate of drug-likeness (QED) is 0.571. The van der Waals surface area contributed by atoms with E-state index in [0.717, 1.165) is 32.0 Å². The van der Waals surface area contributed by atoms with Gasteiger partial charge in [0, 0.05) is 26.7 Å². The van der Waals surface area contributed by atoms with E-state index in [1.165, 1.54) is 0 Å². The second kappa shape index (κ2) is 8.42. The van der Waals surface area contributed by atoms with Crippen LogP contribution in [0.1, 0.15) is 27.7 Å². The van der Waals surface area contributed by atoms with Crippen LogP contribution in [0.3, 0.4) is 0 Å². The van der Waals surface area contributed by atoms with Crippen LogP contribution in [0.4, 0.5) is 0 Å². The summed E-state index contributed by atoms with van der Waals surface area (Å²) in [5.74, 6) is 1.60. The summed E-state index contributed by atoms with van der Waals surface area (Å²) in [4.78, 5) is 9.09. The zero-order valence-electron chi connectivity index (χ0n) is 14.0. The zero-order valence-corrected chi connectivity index (χ0v) is 14.0. The Balaban J connectivity index is 2.58. The van der Waals surface area contributed by atoms with Gasteiger partial charge in [0.05, 0.1) is 12.2 Å². The van der Waals surface area contributed by atoms with Crippen molar-refractivity contribution in [2.75, 3.05) is 40.3 Å². The number of aliphatic imine (C=N–C) groups is 1. The van der Waals surface area contributed by atoms with Gasteiger partial charge in [-0.15, -0.1) is 0 Å². The molecule has 0 amide bonds. The van der Waals surface area contributed by atoms with E-state index in [1.54, 1.807) is 0 Å². The van der Waals surface area contributed by atoms with Crippen molar-refractivity contribution in [1.82, 2.24) is 9.80 Å². The van der Waals surface area contributed by atoms with E-state index in [0.29, 0.717) is 5.92 Å². The molecule has 4 nitrogen and oxygen atoms in total. The van der Waals surface area contributed by atoms with Gasteiger partial charge in [-0.3, -0.25) is 4.99 Å². The molecule has 0 bridgehead atoms. The van der Waals surface area contributed by atoms with Gasteiger partial charge < -0.3 is 14.5 Å². The van der Waals surface area contributed by atoms with E-state index in [-0.39, 0.29) is 12.2 Å². The first kappa shape index (κ1) is 17.2. The first-order valence-corrected chi connectivity index (χ1v) is 7.70. The Bertz CT molecular complexity index is 331. The lowest BCUT2D eigenvalue weighted by Gasteiger charge is -2.36. The van der Waals surface area contributed by atoms with E-state index in [1.807, 2.05) is 7.05 Å². The Morgan fingerprint density at radius 1 is 1.40 bits per heavy atom. The number of amidine groups is 1. The van der Waals surface area contributed by atoms with Gasteiger partial charge in [0.25, 0.3) is 0 Å². The lowest BCUT2D eigenvalue weighted by atomic mass is 10.1. The topological polar surface area (TPSA) is 28.1 Å². The van der Waals surface area contributed by atoms with Crippen molar-refractivity contribution in [3.05, 3.63) is 12.2 Å². The Morgan fingerprint density at radius 3 is 2.50 bits per heavy atom. The largest absolute Gasteiger partial charge is 0.372 e. The minimum atomic E-state index is 0.271. The highest BCUT2D eigenvalue weighted by atomic mass is 16.5. The lowest BCUT2D eigenvalue weighted by molar-refractivity contribution is -0.0477. The first-order chi connectivity index (χ1) is 9.46. The SMILES string of the molecule is CCN(C)CC(C)C=CC(=NC)N1CC(C)OC(C)C1. The third-order valence-electron chi connectivity index (χ3n) is 3.69. The fourth-order valence-electron chi connectivity index (χ4n) is 2.62.